The Bertz CT molecular complexity index is 345. The Morgan fingerprint density at radius 2 is 2.00 bits per heavy atom. The summed E-state index contributed by atoms with van der Waals surface area (Å²) in [5.74, 6) is 0.904. The highest BCUT2D eigenvalue weighted by atomic mass is 14.9. The maximum atomic E-state index is 3.77. The van der Waals surface area contributed by atoms with E-state index in [-0.39, 0.29) is 0 Å². The van der Waals surface area contributed by atoms with Gasteiger partial charge in [-0.2, -0.15) is 0 Å². The van der Waals surface area contributed by atoms with Crippen LogP contribution in [0.25, 0.3) is 0 Å². The van der Waals surface area contributed by atoms with E-state index in [2.05, 4.69) is 50.4 Å². The van der Waals surface area contributed by atoms with Crippen LogP contribution in [0.1, 0.15) is 50.3 Å². The van der Waals surface area contributed by atoms with E-state index >= 15 is 0 Å². The molecule has 1 aliphatic carbocycles. The van der Waals surface area contributed by atoms with E-state index in [9.17, 15) is 0 Å². The second kappa shape index (κ2) is 5.01. The molecule has 0 radical (unpaired) electrons. The van der Waals surface area contributed by atoms with Crippen LogP contribution in [-0.2, 0) is 0 Å². The molecule has 1 heteroatoms. The Labute approximate surface area is 99.3 Å². The molecule has 1 aliphatic rings. The van der Waals surface area contributed by atoms with Crippen LogP contribution in [0.5, 0.6) is 0 Å². The first-order valence-corrected chi connectivity index (χ1v) is 6.48. The van der Waals surface area contributed by atoms with E-state index in [4.69, 9.17) is 0 Å². The Hall–Kier alpha value is -0.820. The molecule has 0 aromatic heterocycles. The first-order valence-electron chi connectivity index (χ1n) is 6.48. The molecule has 1 nitrogen and oxygen atoms in total. The zero-order valence-electron chi connectivity index (χ0n) is 10.7. The maximum Gasteiger partial charge on any atom is 0.0296 e. The smallest absolute Gasteiger partial charge is 0.0296 e. The van der Waals surface area contributed by atoms with Crippen molar-refractivity contribution in [2.75, 3.05) is 0 Å². The van der Waals surface area contributed by atoms with Gasteiger partial charge in [0.2, 0.25) is 0 Å². The van der Waals surface area contributed by atoms with Crippen molar-refractivity contribution in [1.82, 2.24) is 5.32 Å². The van der Waals surface area contributed by atoms with Gasteiger partial charge in [0, 0.05) is 12.1 Å². The van der Waals surface area contributed by atoms with Crippen molar-refractivity contribution in [2.24, 2.45) is 5.92 Å². The monoisotopic (exact) mass is 217 g/mol. The van der Waals surface area contributed by atoms with Gasteiger partial charge in [-0.05, 0) is 50.2 Å². The van der Waals surface area contributed by atoms with Gasteiger partial charge in [-0.3, -0.25) is 0 Å². The third-order valence-corrected chi connectivity index (χ3v) is 3.84. The lowest BCUT2D eigenvalue weighted by Crippen LogP contribution is -2.29. The third-order valence-electron chi connectivity index (χ3n) is 3.84. The van der Waals surface area contributed by atoms with Gasteiger partial charge in [0.05, 0.1) is 0 Å². The maximum absolute atomic E-state index is 3.77. The van der Waals surface area contributed by atoms with E-state index in [1.54, 1.807) is 0 Å². The standard InChI is InChI=1S/C15H23N/c1-11-8-9-14(10-11)16-13(3)15-7-5-4-6-12(15)2/h4-7,11,13-14,16H,8-10H2,1-3H3. The minimum Gasteiger partial charge on any atom is -0.307 e. The Balaban J connectivity index is 1.98. The first-order chi connectivity index (χ1) is 7.66. The summed E-state index contributed by atoms with van der Waals surface area (Å²) in [6.07, 6.45) is 4.08. The van der Waals surface area contributed by atoms with E-state index in [1.807, 2.05) is 0 Å². The van der Waals surface area contributed by atoms with E-state index < -0.39 is 0 Å². The summed E-state index contributed by atoms with van der Waals surface area (Å²) in [6.45, 7) is 6.84. The highest BCUT2D eigenvalue weighted by Crippen LogP contribution is 2.27. The quantitative estimate of drug-likeness (QED) is 0.811. The lowest BCUT2D eigenvalue weighted by Gasteiger charge is -2.21. The molecule has 88 valence electrons. The van der Waals surface area contributed by atoms with E-state index in [1.165, 1.54) is 30.4 Å². The SMILES string of the molecule is Cc1ccccc1C(C)NC1CCC(C)C1. The zero-order chi connectivity index (χ0) is 11.5. The number of hydrogen-bond acceptors (Lipinski definition) is 1. The Morgan fingerprint density at radius 3 is 2.62 bits per heavy atom. The highest BCUT2D eigenvalue weighted by molar-refractivity contribution is 5.28. The molecule has 16 heavy (non-hydrogen) atoms. The van der Waals surface area contributed by atoms with Crippen LogP contribution in [0.3, 0.4) is 0 Å². The molecule has 1 fully saturated rings. The molecular formula is C15H23N. The molecule has 1 aromatic carbocycles. The van der Waals surface area contributed by atoms with Gasteiger partial charge in [-0.15, -0.1) is 0 Å². The largest absolute Gasteiger partial charge is 0.307 e. The first kappa shape index (κ1) is 11.7. The molecule has 1 N–H and O–H groups in total. The van der Waals surface area contributed by atoms with E-state index in [0.717, 1.165) is 12.0 Å². The predicted molar refractivity (Wildman–Crippen MR) is 69.5 cm³/mol. The van der Waals surface area contributed by atoms with Crippen molar-refractivity contribution in [1.29, 1.82) is 0 Å². The lowest BCUT2D eigenvalue weighted by molar-refractivity contribution is 0.448. The van der Waals surface area contributed by atoms with Gasteiger partial charge >= 0.3 is 0 Å². The van der Waals surface area contributed by atoms with Crippen LogP contribution in [0.4, 0.5) is 0 Å². The molecular weight excluding hydrogens is 194 g/mol. The summed E-state index contributed by atoms with van der Waals surface area (Å²) in [6, 6.07) is 9.90. The molecule has 0 spiro atoms. The summed E-state index contributed by atoms with van der Waals surface area (Å²) < 4.78 is 0. The Morgan fingerprint density at radius 1 is 1.25 bits per heavy atom. The van der Waals surface area contributed by atoms with Crippen LogP contribution in [-0.4, -0.2) is 6.04 Å². The molecule has 1 aromatic rings. The normalized spacial score (nSPS) is 26.9. The van der Waals surface area contributed by atoms with E-state index in [0.29, 0.717) is 6.04 Å². The van der Waals surface area contributed by atoms with Crippen molar-refractivity contribution < 1.29 is 0 Å². The van der Waals surface area contributed by atoms with Crippen LogP contribution in [0.15, 0.2) is 24.3 Å². The summed E-state index contributed by atoms with van der Waals surface area (Å²) in [7, 11) is 0. The molecule has 0 heterocycles. The predicted octanol–water partition coefficient (Wildman–Crippen LogP) is 3.83. The molecule has 0 amide bonds. The van der Waals surface area contributed by atoms with Gasteiger partial charge in [0.15, 0.2) is 0 Å². The number of aryl methyl sites for hydroxylation is 1. The molecule has 2 rings (SSSR count). The molecule has 0 bridgehead atoms. The lowest BCUT2D eigenvalue weighted by atomic mass is 10.0. The molecule has 0 saturated heterocycles. The summed E-state index contributed by atoms with van der Waals surface area (Å²) >= 11 is 0. The van der Waals surface area contributed by atoms with Gasteiger partial charge in [0.25, 0.3) is 0 Å². The fraction of sp³-hybridized carbons (Fsp3) is 0.600. The molecule has 1 saturated carbocycles. The van der Waals surface area contributed by atoms with Gasteiger partial charge in [-0.1, -0.05) is 31.2 Å². The number of hydrogen-bond donors (Lipinski definition) is 1. The van der Waals surface area contributed by atoms with Gasteiger partial charge in [-0.25, -0.2) is 0 Å². The average molecular weight is 217 g/mol. The highest BCUT2D eigenvalue weighted by Gasteiger charge is 2.22. The Kier molecular flexibility index (Phi) is 3.65. The molecule has 3 unspecified atom stereocenters. The van der Waals surface area contributed by atoms with Crippen molar-refractivity contribution in [3.05, 3.63) is 35.4 Å². The second-order valence-corrected chi connectivity index (χ2v) is 5.36. The fourth-order valence-electron chi connectivity index (χ4n) is 2.87. The molecule has 3 atom stereocenters. The van der Waals surface area contributed by atoms with Crippen LogP contribution < -0.4 is 5.32 Å². The third kappa shape index (κ3) is 2.65. The van der Waals surface area contributed by atoms with Crippen molar-refractivity contribution in [3.63, 3.8) is 0 Å². The summed E-state index contributed by atoms with van der Waals surface area (Å²) in [5, 5.41) is 3.77. The average Bonchev–Trinajstić information content (AvgIpc) is 2.64. The van der Waals surface area contributed by atoms with Crippen LogP contribution >= 0.6 is 0 Å². The minimum absolute atomic E-state index is 0.483. The van der Waals surface area contributed by atoms with Crippen LogP contribution in [0, 0.1) is 12.8 Å². The van der Waals surface area contributed by atoms with Crippen molar-refractivity contribution in [2.45, 2.75) is 52.1 Å². The van der Waals surface area contributed by atoms with Crippen molar-refractivity contribution >= 4 is 0 Å². The minimum atomic E-state index is 0.483. The summed E-state index contributed by atoms with van der Waals surface area (Å²) in [4.78, 5) is 0. The molecule has 0 aliphatic heterocycles. The summed E-state index contributed by atoms with van der Waals surface area (Å²) in [5.41, 5.74) is 2.84. The van der Waals surface area contributed by atoms with Crippen LogP contribution in [0.2, 0.25) is 0 Å². The number of rotatable bonds is 3. The van der Waals surface area contributed by atoms with Gasteiger partial charge in [0.1, 0.15) is 0 Å². The topological polar surface area (TPSA) is 12.0 Å². The number of nitrogens with one attached hydrogen (secondary N) is 1. The number of benzene rings is 1. The van der Waals surface area contributed by atoms with Crippen molar-refractivity contribution in [3.8, 4) is 0 Å². The zero-order valence-corrected chi connectivity index (χ0v) is 10.7. The van der Waals surface area contributed by atoms with Gasteiger partial charge < -0.3 is 5.32 Å². The fourth-order valence-corrected chi connectivity index (χ4v) is 2.87. The second-order valence-electron chi connectivity index (χ2n) is 5.36.